The van der Waals surface area contributed by atoms with Gasteiger partial charge in [-0.25, -0.2) is 0 Å². The maximum atomic E-state index is 5.57. The van der Waals surface area contributed by atoms with Crippen molar-refractivity contribution in [1.82, 2.24) is 30.5 Å². The highest BCUT2D eigenvalue weighted by Crippen LogP contribution is 2.15. The van der Waals surface area contributed by atoms with E-state index in [1.54, 1.807) is 12.1 Å². The van der Waals surface area contributed by atoms with Crippen LogP contribution in [-0.2, 0) is 0 Å². The van der Waals surface area contributed by atoms with E-state index in [0.717, 1.165) is 16.6 Å². The SMILES string of the molecule is Nn1[nH]nc2cc3nnnc3cc21. The van der Waals surface area contributed by atoms with Gasteiger partial charge < -0.3 is 5.84 Å². The van der Waals surface area contributed by atoms with Crippen LogP contribution in [0.25, 0.3) is 22.1 Å². The molecule has 0 saturated heterocycles. The number of aromatic nitrogens is 6. The van der Waals surface area contributed by atoms with Crippen molar-refractivity contribution in [2.75, 3.05) is 5.84 Å². The number of H-pyrrole nitrogens is 1. The fourth-order valence-electron chi connectivity index (χ4n) is 1.28. The summed E-state index contributed by atoms with van der Waals surface area (Å²) < 4.78 is 0. The van der Waals surface area contributed by atoms with Crippen LogP contribution in [0.5, 0.6) is 0 Å². The molecule has 7 heteroatoms. The monoisotopic (exact) mass is 175 g/mol. The maximum absolute atomic E-state index is 5.57. The van der Waals surface area contributed by atoms with Crippen molar-refractivity contribution in [2.45, 2.75) is 0 Å². The Labute approximate surface area is 71.5 Å². The second kappa shape index (κ2) is 1.94. The van der Waals surface area contributed by atoms with Gasteiger partial charge in [0.25, 0.3) is 0 Å². The predicted molar refractivity (Wildman–Crippen MR) is 45.1 cm³/mol. The quantitative estimate of drug-likeness (QED) is 0.445. The molecular weight excluding hydrogens is 170 g/mol. The molecule has 13 heavy (non-hydrogen) atoms. The van der Waals surface area contributed by atoms with Crippen molar-refractivity contribution >= 4 is 22.1 Å². The molecule has 0 aliphatic carbocycles. The molecule has 0 saturated carbocycles. The zero-order valence-corrected chi connectivity index (χ0v) is 6.47. The first-order valence-corrected chi connectivity index (χ1v) is 3.65. The number of hydrogen-bond acceptors (Lipinski definition) is 5. The van der Waals surface area contributed by atoms with Gasteiger partial charge in [0.2, 0.25) is 0 Å². The summed E-state index contributed by atoms with van der Waals surface area (Å²) in [6.07, 6.45) is 0. The number of nitrogens with two attached hydrogens (primary N) is 1. The van der Waals surface area contributed by atoms with Gasteiger partial charge in [-0.2, -0.15) is 15.1 Å². The maximum Gasteiger partial charge on any atom is 0.117 e. The highest BCUT2D eigenvalue weighted by Gasteiger charge is 2.05. The lowest BCUT2D eigenvalue weighted by Gasteiger charge is -1.90. The van der Waals surface area contributed by atoms with Gasteiger partial charge >= 0.3 is 0 Å². The number of nitrogens with one attached hydrogen (secondary N) is 1. The zero-order chi connectivity index (χ0) is 8.84. The minimum Gasteiger partial charge on any atom is -0.323 e. The second-order valence-electron chi connectivity index (χ2n) is 2.70. The Morgan fingerprint density at radius 1 is 1.15 bits per heavy atom. The van der Waals surface area contributed by atoms with Gasteiger partial charge in [-0.3, -0.25) is 0 Å². The van der Waals surface area contributed by atoms with E-state index in [1.165, 1.54) is 4.79 Å². The second-order valence-corrected chi connectivity index (χ2v) is 2.70. The molecule has 1 aromatic carbocycles. The summed E-state index contributed by atoms with van der Waals surface area (Å²) in [5.41, 5.74) is 2.96. The number of benzene rings is 1. The summed E-state index contributed by atoms with van der Waals surface area (Å²) in [4.78, 5) is 1.32. The summed E-state index contributed by atoms with van der Waals surface area (Å²) in [5.74, 6) is 5.57. The lowest BCUT2D eigenvalue weighted by Crippen LogP contribution is -2.09. The van der Waals surface area contributed by atoms with Crippen molar-refractivity contribution in [3.8, 4) is 0 Å². The average Bonchev–Trinajstić information content (AvgIpc) is 2.70. The Kier molecular flexibility index (Phi) is 0.950. The Morgan fingerprint density at radius 3 is 2.77 bits per heavy atom. The molecule has 3 aromatic rings. The van der Waals surface area contributed by atoms with Crippen LogP contribution < -0.4 is 5.84 Å². The van der Waals surface area contributed by atoms with Crippen LogP contribution in [-0.4, -0.2) is 30.5 Å². The van der Waals surface area contributed by atoms with Gasteiger partial charge in [0.1, 0.15) is 22.1 Å². The van der Waals surface area contributed by atoms with Gasteiger partial charge in [-0.15, -0.1) is 10.2 Å². The summed E-state index contributed by atoms with van der Waals surface area (Å²) >= 11 is 0. The molecule has 0 aliphatic rings. The molecule has 0 unspecified atom stereocenters. The molecule has 0 fully saturated rings. The lowest BCUT2D eigenvalue weighted by atomic mass is 10.3. The van der Waals surface area contributed by atoms with E-state index >= 15 is 0 Å². The highest BCUT2D eigenvalue weighted by atomic mass is 15.6. The van der Waals surface area contributed by atoms with E-state index in [0.29, 0.717) is 5.52 Å². The van der Waals surface area contributed by atoms with Crippen LogP contribution >= 0.6 is 0 Å². The van der Waals surface area contributed by atoms with E-state index < -0.39 is 0 Å². The van der Waals surface area contributed by atoms with Crippen molar-refractivity contribution in [2.24, 2.45) is 0 Å². The van der Waals surface area contributed by atoms with Gasteiger partial charge in [0.15, 0.2) is 0 Å². The Balaban J connectivity index is 2.59. The summed E-state index contributed by atoms with van der Waals surface area (Å²) in [5, 5.41) is 17.8. The molecule has 2 heterocycles. The molecule has 3 rings (SSSR count). The van der Waals surface area contributed by atoms with Crippen molar-refractivity contribution in [1.29, 1.82) is 0 Å². The molecule has 0 bridgehead atoms. The summed E-state index contributed by atoms with van der Waals surface area (Å²) in [6, 6.07) is 3.57. The first-order chi connectivity index (χ1) is 6.34. The molecule has 3 N–H and O–H groups in total. The molecule has 0 spiro atoms. The number of fused-ring (bicyclic) bond motifs is 2. The fraction of sp³-hybridized carbons (Fsp3) is 0. The Morgan fingerprint density at radius 2 is 1.92 bits per heavy atom. The Hall–Kier alpha value is -2.18. The third-order valence-corrected chi connectivity index (χ3v) is 1.91. The van der Waals surface area contributed by atoms with Gasteiger partial charge in [-0.05, 0) is 17.3 Å². The molecule has 0 amide bonds. The third kappa shape index (κ3) is 0.723. The van der Waals surface area contributed by atoms with E-state index in [-0.39, 0.29) is 0 Å². The zero-order valence-electron chi connectivity index (χ0n) is 6.47. The molecule has 7 nitrogen and oxygen atoms in total. The van der Waals surface area contributed by atoms with Crippen LogP contribution in [0.2, 0.25) is 0 Å². The first kappa shape index (κ1) is 6.35. The number of aromatic amines is 1. The van der Waals surface area contributed by atoms with E-state index in [4.69, 9.17) is 5.84 Å². The van der Waals surface area contributed by atoms with Gasteiger partial charge in [0, 0.05) is 0 Å². The minimum absolute atomic E-state index is 0.716. The van der Waals surface area contributed by atoms with E-state index in [2.05, 4.69) is 25.7 Å². The van der Waals surface area contributed by atoms with Crippen LogP contribution in [0.15, 0.2) is 12.1 Å². The predicted octanol–water partition coefficient (Wildman–Crippen LogP) is -0.584. The van der Waals surface area contributed by atoms with Crippen LogP contribution in [0.4, 0.5) is 0 Å². The smallest absolute Gasteiger partial charge is 0.117 e. The molecule has 0 radical (unpaired) electrons. The van der Waals surface area contributed by atoms with E-state index in [1.807, 2.05) is 0 Å². The van der Waals surface area contributed by atoms with Crippen molar-refractivity contribution in [3.05, 3.63) is 12.1 Å². The number of hydrogen-bond donors (Lipinski definition) is 2. The van der Waals surface area contributed by atoms with Gasteiger partial charge in [0.05, 0.1) is 0 Å². The van der Waals surface area contributed by atoms with Crippen molar-refractivity contribution in [3.63, 3.8) is 0 Å². The largest absolute Gasteiger partial charge is 0.323 e. The Bertz CT molecular complexity index is 577. The molecular formula is C6H5N7. The van der Waals surface area contributed by atoms with Crippen LogP contribution in [0.3, 0.4) is 0 Å². The molecule has 64 valence electrons. The van der Waals surface area contributed by atoms with Crippen LogP contribution in [0, 0.1) is 0 Å². The van der Waals surface area contributed by atoms with Crippen LogP contribution in [0.1, 0.15) is 0 Å². The van der Waals surface area contributed by atoms with Gasteiger partial charge in [-0.1, -0.05) is 0 Å². The normalized spacial score (nSPS) is 11.4. The molecule has 0 aliphatic heterocycles. The average molecular weight is 175 g/mol. The highest BCUT2D eigenvalue weighted by molar-refractivity contribution is 5.90. The summed E-state index contributed by atoms with van der Waals surface area (Å²) in [6.45, 7) is 0. The fourth-order valence-corrected chi connectivity index (χ4v) is 1.28. The summed E-state index contributed by atoms with van der Waals surface area (Å²) in [7, 11) is 0. The number of nitrogen functional groups attached to an aromatic ring is 1. The topological polar surface area (TPSA) is 98.3 Å². The molecule has 0 atom stereocenters. The first-order valence-electron chi connectivity index (χ1n) is 3.65. The number of rotatable bonds is 0. The number of nitrogens with zero attached hydrogens (tertiary/aromatic N) is 5. The minimum atomic E-state index is 0.716. The van der Waals surface area contributed by atoms with Crippen molar-refractivity contribution < 1.29 is 0 Å². The molecule has 2 aromatic heterocycles. The standard InChI is InChI=1S/C6H5N7/c7-13-6-2-4-3(8-11-9-4)1-5(6)10-12-13/h1-2,12H,7H2. The lowest BCUT2D eigenvalue weighted by molar-refractivity contribution is 0.787. The third-order valence-electron chi connectivity index (χ3n) is 1.91. The van der Waals surface area contributed by atoms with E-state index in [9.17, 15) is 0 Å².